The molecule has 0 unspecified atom stereocenters. The summed E-state index contributed by atoms with van der Waals surface area (Å²) in [5.41, 5.74) is -0.0805. The molecule has 1 aliphatic rings. The van der Waals surface area contributed by atoms with Gasteiger partial charge in [0.2, 0.25) is 0 Å². The number of aliphatic carboxylic acids is 1. The van der Waals surface area contributed by atoms with Crippen LogP contribution in [0, 0.1) is 18.2 Å². The van der Waals surface area contributed by atoms with Gasteiger partial charge in [0.05, 0.1) is 5.41 Å². The average Bonchev–Trinajstić information content (AvgIpc) is 2.84. The molecule has 2 rings (SSSR count). The largest absolute Gasteiger partial charge is 0.481 e. The topological polar surface area (TPSA) is 66.8 Å². The molecule has 114 valence electrons. The third-order valence-electron chi connectivity index (χ3n) is 3.78. The second-order valence-corrected chi connectivity index (χ2v) is 5.65. The van der Waals surface area contributed by atoms with E-state index in [2.05, 4.69) is 0 Å². The molecular weight excluding hydrogens is 277 g/mol. The number of aryl methyl sites for hydroxylation is 1. The fourth-order valence-corrected chi connectivity index (χ4v) is 2.30. The van der Waals surface area contributed by atoms with Gasteiger partial charge < -0.3 is 14.7 Å². The van der Waals surface area contributed by atoms with Crippen LogP contribution in [0.15, 0.2) is 18.2 Å². The number of nitrogens with zero attached hydrogens (tertiary/aromatic N) is 1. The van der Waals surface area contributed by atoms with Crippen LogP contribution in [0.1, 0.15) is 18.9 Å². The van der Waals surface area contributed by atoms with E-state index >= 15 is 0 Å². The van der Waals surface area contributed by atoms with Crippen molar-refractivity contribution in [3.05, 3.63) is 29.6 Å². The number of halogens is 1. The molecule has 1 aromatic carbocycles. The van der Waals surface area contributed by atoms with Gasteiger partial charge in [-0.05, 0) is 38.0 Å². The number of carboxylic acid groups (broad SMARTS) is 1. The van der Waals surface area contributed by atoms with Crippen LogP contribution in [0.25, 0.3) is 0 Å². The lowest BCUT2D eigenvalue weighted by molar-refractivity contribution is -0.147. The molecule has 0 saturated carbocycles. The van der Waals surface area contributed by atoms with Gasteiger partial charge >= 0.3 is 5.97 Å². The van der Waals surface area contributed by atoms with Crippen molar-refractivity contribution in [2.24, 2.45) is 5.41 Å². The molecule has 1 aliphatic heterocycles. The first-order valence-electron chi connectivity index (χ1n) is 6.72. The van der Waals surface area contributed by atoms with E-state index in [4.69, 9.17) is 9.84 Å². The summed E-state index contributed by atoms with van der Waals surface area (Å²) in [4.78, 5) is 24.6. The molecule has 1 atom stereocenters. The molecule has 1 saturated heterocycles. The Morgan fingerprint density at radius 2 is 2.19 bits per heavy atom. The first-order chi connectivity index (χ1) is 9.82. The molecule has 0 aromatic heterocycles. The van der Waals surface area contributed by atoms with E-state index in [1.165, 1.54) is 17.0 Å². The second-order valence-electron chi connectivity index (χ2n) is 5.65. The molecule has 1 heterocycles. The van der Waals surface area contributed by atoms with Crippen molar-refractivity contribution in [2.45, 2.75) is 20.3 Å². The Kier molecular flexibility index (Phi) is 4.16. The molecule has 21 heavy (non-hydrogen) atoms. The minimum absolute atomic E-state index is 0.0311. The van der Waals surface area contributed by atoms with Crippen LogP contribution in [0.3, 0.4) is 0 Å². The molecule has 1 amide bonds. The minimum atomic E-state index is -0.913. The summed E-state index contributed by atoms with van der Waals surface area (Å²) in [7, 11) is 0. The van der Waals surface area contributed by atoms with E-state index in [-0.39, 0.29) is 24.8 Å². The number of likely N-dealkylation sites (tertiary alicyclic amines) is 1. The quantitative estimate of drug-likeness (QED) is 0.920. The Balaban J connectivity index is 1.94. The summed E-state index contributed by atoms with van der Waals surface area (Å²) in [5, 5.41) is 9.13. The number of amides is 1. The SMILES string of the molecule is Cc1ccc(F)c(OCC(=O)N2CC[C@@](C)(C(=O)O)C2)c1. The van der Waals surface area contributed by atoms with Crippen LogP contribution in [-0.2, 0) is 9.59 Å². The first-order valence-corrected chi connectivity index (χ1v) is 6.72. The lowest BCUT2D eigenvalue weighted by Gasteiger charge is -2.20. The summed E-state index contributed by atoms with van der Waals surface area (Å²) in [6, 6.07) is 4.42. The van der Waals surface area contributed by atoms with Gasteiger partial charge in [0.1, 0.15) is 0 Å². The van der Waals surface area contributed by atoms with Gasteiger partial charge in [0, 0.05) is 13.1 Å². The van der Waals surface area contributed by atoms with E-state index in [1.54, 1.807) is 19.9 Å². The van der Waals surface area contributed by atoms with Crippen LogP contribution in [-0.4, -0.2) is 41.6 Å². The standard InChI is InChI=1S/C15H18FNO4/c1-10-3-4-11(16)12(7-10)21-8-13(18)17-6-5-15(2,9-17)14(19)20/h3-4,7H,5-6,8-9H2,1-2H3,(H,19,20)/t15-/m1/s1. The van der Waals surface area contributed by atoms with Crippen LogP contribution in [0.2, 0.25) is 0 Å². The van der Waals surface area contributed by atoms with Crippen molar-refractivity contribution >= 4 is 11.9 Å². The highest BCUT2D eigenvalue weighted by atomic mass is 19.1. The zero-order valence-electron chi connectivity index (χ0n) is 12.1. The highest BCUT2D eigenvalue weighted by molar-refractivity contribution is 5.81. The summed E-state index contributed by atoms with van der Waals surface area (Å²) in [5.74, 6) is -1.74. The van der Waals surface area contributed by atoms with Crippen molar-refractivity contribution in [3.63, 3.8) is 0 Å². The van der Waals surface area contributed by atoms with Crippen molar-refractivity contribution in [1.29, 1.82) is 0 Å². The third-order valence-corrected chi connectivity index (χ3v) is 3.78. The van der Waals surface area contributed by atoms with Gasteiger partial charge in [-0.2, -0.15) is 0 Å². The van der Waals surface area contributed by atoms with E-state index in [1.807, 2.05) is 0 Å². The molecule has 1 N–H and O–H groups in total. The number of hydrogen-bond donors (Lipinski definition) is 1. The fourth-order valence-electron chi connectivity index (χ4n) is 2.30. The molecule has 0 spiro atoms. The Morgan fingerprint density at radius 1 is 1.48 bits per heavy atom. The maximum atomic E-state index is 13.5. The van der Waals surface area contributed by atoms with E-state index < -0.39 is 17.2 Å². The van der Waals surface area contributed by atoms with E-state index in [0.29, 0.717) is 13.0 Å². The summed E-state index contributed by atoms with van der Waals surface area (Å²) < 4.78 is 18.7. The molecule has 6 heteroatoms. The first kappa shape index (κ1) is 15.3. The molecule has 0 bridgehead atoms. The van der Waals surface area contributed by atoms with Crippen molar-refractivity contribution < 1.29 is 23.8 Å². The number of carbonyl (C=O) groups is 2. The van der Waals surface area contributed by atoms with Crippen molar-refractivity contribution in [3.8, 4) is 5.75 Å². The van der Waals surface area contributed by atoms with Crippen molar-refractivity contribution in [2.75, 3.05) is 19.7 Å². The normalized spacial score (nSPS) is 21.4. The zero-order chi connectivity index (χ0) is 15.6. The van der Waals surface area contributed by atoms with Crippen LogP contribution in [0.5, 0.6) is 5.75 Å². The predicted molar refractivity (Wildman–Crippen MR) is 73.6 cm³/mol. The van der Waals surface area contributed by atoms with Crippen LogP contribution in [0.4, 0.5) is 4.39 Å². The fraction of sp³-hybridized carbons (Fsp3) is 0.467. The Morgan fingerprint density at radius 3 is 2.81 bits per heavy atom. The van der Waals surface area contributed by atoms with Gasteiger partial charge in [0.25, 0.3) is 5.91 Å². The molecule has 0 radical (unpaired) electrons. The molecule has 0 aliphatic carbocycles. The number of ether oxygens (including phenoxy) is 1. The van der Waals surface area contributed by atoms with Gasteiger partial charge in [-0.1, -0.05) is 6.07 Å². The monoisotopic (exact) mass is 295 g/mol. The highest BCUT2D eigenvalue weighted by Gasteiger charge is 2.42. The maximum Gasteiger partial charge on any atom is 0.311 e. The van der Waals surface area contributed by atoms with Crippen LogP contribution >= 0.6 is 0 Å². The highest BCUT2D eigenvalue weighted by Crippen LogP contribution is 2.30. The molecule has 5 nitrogen and oxygen atoms in total. The van der Waals surface area contributed by atoms with E-state index in [0.717, 1.165) is 5.56 Å². The van der Waals surface area contributed by atoms with Crippen molar-refractivity contribution in [1.82, 2.24) is 4.90 Å². The second kappa shape index (κ2) is 5.71. The number of rotatable bonds is 4. The summed E-state index contributed by atoms with van der Waals surface area (Å²) >= 11 is 0. The Hall–Kier alpha value is -2.11. The smallest absolute Gasteiger partial charge is 0.311 e. The predicted octanol–water partition coefficient (Wildman–Crippen LogP) is 1.84. The summed E-state index contributed by atoms with van der Waals surface area (Å²) in [6.07, 6.45) is 0.410. The number of carboxylic acids is 1. The molecule has 1 aromatic rings. The van der Waals surface area contributed by atoms with E-state index in [9.17, 15) is 14.0 Å². The van der Waals surface area contributed by atoms with Gasteiger partial charge in [-0.25, -0.2) is 4.39 Å². The number of hydrogen-bond acceptors (Lipinski definition) is 3. The Labute approximate surface area is 122 Å². The van der Waals surface area contributed by atoms with Crippen LogP contribution < -0.4 is 4.74 Å². The number of carbonyl (C=O) groups excluding carboxylic acids is 1. The lowest BCUT2D eigenvalue weighted by atomic mass is 9.90. The summed E-state index contributed by atoms with van der Waals surface area (Å²) in [6.45, 7) is 3.65. The van der Waals surface area contributed by atoms with Gasteiger partial charge in [-0.15, -0.1) is 0 Å². The van der Waals surface area contributed by atoms with Gasteiger partial charge in [0.15, 0.2) is 18.2 Å². The minimum Gasteiger partial charge on any atom is -0.481 e. The lowest BCUT2D eigenvalue weighted by Crippen LogP contribution is -2.37. The Bertz CT molecular complexity index is 575. The third kappa shape index (κ3) is 3.32. The number of benzene rings is 1. The maximum absolute atomic E-state index is 13.5. The molecular formula is C15H18FNO4. The zero-order valence-corrected chi connectivity index (χ0v) is 12.1. The molecule has 1 fully saturated rings. The van der Waals surface area contributed by atoms with Gasteiger partial charge in [-0.3, -0.25) is 9.59 Å². The average molecular weight is 295 g/mol.